The van der Waals surface area contributed by atoms with Crippen LogP contribution < -0.4 is 11.1 Å². The van der Waals surface area contributed by atoms with E-state index in [1.54, 1.807) is 16.0 Å². The van der Waals surface area contributed by atoms with Gasteiger partial charge in [-0.2, -0.15) is 4.98 Å². The Morgan fingerprint density at radius 3 is 2.64 bits per heavy atom. The first-order valence-electron chi connectivity index (χ1n) is 8.10. The number of nitrogen functional groups attached to an aromatic ring is 1. The number of anilines is 2. The lowest BCUT2D eigenvalue weighted by molar-refractivity contribution is 0.694. The third-order valence-corrected chi connectivity index (χ3v) is 4.88. The van der Waals surface area contributed by atoms with E-state index in [0.717, 1.165) is 28.2 Å². The summed E-state index contributed by atoms with van der Waals surface area (Å²) in [5.74, 6) is 0.941. The molecule has 2 heterocycles. The van der Waals surface area contributed by atoms with Crippen molar-refractivity contribution in [3.63, 3.8) is 0 Å². The number of benzene rings is 2. The summed E-state index contributed by atoms with van der Waals surface area (Å²) in [5, 5.41) is 8.64. The zero-order chi connectivity index (χ0) is 17.1. The highest BCUT2D eigenvalue weighted by Gasteiger charge is 2.10. The van der Waals surface area contributed by atoms with Gasteiger partial charge in [-0.1, -0.05) is 42.5 Å². The molecule has 0 unspecified atom stereocenters. The third kappa shape index (κ3) is 3.61. The van der Waals surface area contributed by atoms with Gasteiger partial charge in [0.2, 0.25) is 11.9 Å². The zero-order valence-corrected chi connectivity index (χ0v) is 14.4. The summed E-state index contributed by atoms with van der Waals surface area (Å²) >= 11 is 1.65. The molecule has 0 saturated carbocycles. The number of hydrogen-bond acceptors (Lipinski definition) is 6. The van der Waals surface area contributed by atoms with Crippen LogP contribution in [0.25, 0.3) is 10.2 Å². The molecule has 0 saturated heterocycles. The number of hydrogen-bond donors (Lipinski definition) is 2. The van der Waals surface area contributed by atoms with Crippen molar-refractivity contribution in [2.24, 2.45) is 0 Å². The van der Waals surface area contributed by atoms with Gasteiger partial charge in [0.25, 0.3) is 0 Å². The Morgan fingerprint density at radius 2 is 1.80 bits per heavy atom. The predicted octanol–water partition coefficient (Wildman–Crippen LogP) is 3.17. The van der Waals surface area contributed by atoms with Crippen LogP contribution in [-0.2, 0) is 13.0 Å². The molecule has 0 aliphatic carbocycles. The first-order chi connectivity index (χ1) is 12.3. The minimum atomic E-state index is 0.390. The van der Waals surface area contributed by atoms with E-state index in [4.69, 9.17) is 5.73 Å². The highest BCUT2D eigenvalue weighted by atomic mass is 32.1. The number of nitrogens with zero attached hydrogens (tertiary/aromatic N) is 4. The normalized spacial score (nSPS) is 11.0. The fourth-order valence-corrected chi connectivity index (χ4v) is 3.57. The molecule has 126 valence electrons. The molecule has 4 aromatic rings. The first kappa shape index (κ1) is 15.6. The van der Waals surface area contributed by atoms with Crippen molar-refractivity contribution in [2.75, 3.05) is 17.6 Å². The van der Waals surface area contributed by atoms with Crippen molar-refractivity contribution in [2.45, 2.75) is 13.0 Å². The van der Waals surface area contributed by atoms with E-state index in [9.17, 15) is 0 Å². The number of nitrogens with two attached hydrogens (primary N) is 1. The van der Waals surface area contributed by atoms with Gasteiger partial charge < -0.3 is 11.1 Å². The average molecular weight is 350 g/mol. The second-order valence-corrected chi connectivity index (χ2v) is 6.80. The van der Waals surface area contributed by atoms with Crippen molar-refractivity contribution in [3.8, 4) is 0 Å². The number of fused-ring (bicyclic) bond motifs is 1. The molecule has 2 aromatic carbocycles. The van der Waals surface area contributed by atoms with Gasteiger partial charge in [0, 0.05) is 6.54 Å². The van der Waals surface area contributed by atoms with Crippen LogP contribution in [-0.4, -0.2) is 26.3 Å². The van der Waals surface area contributed by atoms with Crippen LogP contribution in [0.3, 0.4) is 0 Å². The van der Waals surface area contributed by atoms with E-state index >= 15 is 0 Å². The van der Waals surface area contributed by atoms with E-state index in [1.165, 1.54) is 5.56 Å². The van der Waals surface area contributed by atoms with Gasteiger partial charge in [-0.15, -0.1) is 16.4 Å². The van der Waals surface area contributed by atoms with Crippen molar-refractivity contribution >= 4 is 33.5 Å². The molecule has 7 heteroatoms. The molecule has 0 atom stereocenters. The van der Waals surface area contributed by atoms with Gasteiger partial charge >= 0.3 is 0 Å². The minimum Gasteiger partial charge on any atom is -0.368 e. The second kappa shape index (κ2) is 6.90. The van der Waals surface area contributed by atoms with Crippen molar-refractivity contribution in [1.82, 2.24) is 19.7 Å². The number of aromatic nitrogens is 4. The summed E-state index contributed by atoms with van der Waals surface area (Å²) in [7, 11) is 0. The molecule has 0 amide bonds. The third-order valence-electron chi connectivity index (χ3n) is 3.86. The SMILES string of the molecule is Nc1nc(NCCc2ccccc2)nn1Cc1nc2ccccc2s1. The number of nitrogens with one attached hydrogen (secondary N) is 1. The molecule has 0 spiro atoms. The van der Waals surface area contributed by atoms with Crippen molar-refractivity contribution in [3.05, 3.63) is 65.2 Å². The molecule has 0 radical (unpaired) electrons. The maximum absolute atomic E-state index is 5.99. The lowest BCUT2D eigenvalue weighted by Gasteiger charge is -2.02. The van der Waals surface area contributed by atoms with E-state index in [2.05, 4.69) is 38.6 Å². The lowest BCUT2D eigenvalue weighted by atomic mass is 10.1. The van der Waals surface area contributed by atoms with Crippen LogP contribution >= 0.6 is 11.3 Å². The van der Waals surface area contributed by atoms with Gasteiger partial charge in [-0.3, -0.25) is 0 Å². The molecular formula is C18H18N6S. The van der Waals surface area contributed by atoms with Gasteiger partial charge in [0.15, 0.2) is 0 Å². The van der Waals surface area contributed by atoms with Crippen LogP contribution in [0.1, 0.15) is 10.6 Å². The fourth-order valence-electron chi connectivity index (χ4n) is 2.62. The maximum atomic E-state index is 5.99. The van der Waals surface area contributed by atoms with Crippen molar-refractivity contribution in [1.29, 1.82) is 0 Å². The molecule has 25 heavy (non-hydrogen) atoms. The smallest absolute Gasteiger partial charge is 0.243 e. The molecule has 0 fully saturated rings. The molecule has 3 N–H and O–H groups in total. The topological polar surface area (TPSA) is 81.6 Å². The monoisotopic (exact) mass is 350 g/mol. The van der Waals surface area contributed by atoms with E-state index in [0.29, 0.717) is 18.4 Å². The number of thiazole rings is 1. The molecule has 0 aliphatic heterocycles. The summed E-state index contributed by atoms with van der Waals surface area (Å²) in [4.78, 5) is 8.90. The first-order valence-corrected chi connectivity index (χ1v) is 8.92. The van der Waals surface area contributed by atoms with E-state index < -0.39 is 0 Å². The van der Waals surface area contributed by atoms with Gasteiger partial charge in [-0.05, 0) is 24.1 Å². The van der Waals surface area contributed by atoms with Crippen LogP contribution in [0.5, 0.6) is 0 Å². The Labute approximate surface area is 149 Å². The summed E-state index contributed by atoms with van der Waals surface area (Å²) in [6, 6.07) is 18.4. The molecule has 4 rings (SSSR count). The van der Waals surface area contributed by atoms with Gasteiger partial charge in [0.05, 0.1) is 16.8 Å². The largest absolute Gasteiger partial charge is 0.368 e. The fraction of sp³-hybridized carbons (Fsp3) is 0.167. The Balaban J connectivity index is 1.41. The zero-order valence-electron chi connectivity index (χ0n) is 13.6. The van der Waals surface area contributed by atoms with E-state index in [-0.39, 0.29) is 0 Å². The number of rotatable bonds is 6. The summed E-state index contributed by atoms with van der Waals surface area (Å²) in [6.07, 6.45) is 0.910. The lowest BCUT2D eigenvalue weighted by Crippen LogP contribution is -2.08. The van der Waals surface area contributed by atoms with E-state index in [1.807, 2.05) is 36.4 Å². The summed E-state index contributed by atoms with van der Waals surface area (Å²) in [5.41, 5.74) is 8.27. The molecular weight excluding hydrogens is 332 g/mol. The Kier molecular flexibility index (Phi) is 4.30. The second-order valence-electron chi connectivity index (χ2n) is 5.69. The van der Waals surface area contributed by atoms with Crippen molar-refractivity contribution < 1.29 is 0 Å². The van der Waals surface area contributed by atoms with Gasteiger partial charge in [0.1, 0.15) is 5.01 Å². The molecule has 0 aliphatic rings. The maximum Gasteiger partial charge on any atom is 0.243 e. The summed E-state index contributed by atoms with van der Waals surface area (Å²) in [6.45, 7) is 1.28. The van der Waals surface area contributed by atoms with Crippen LogP contribution in [0.2, 0.25) is 0 Å². The Morgan fingerprint density at radius 1 is 1.00 bits per heavy atom. The number of para-hydroxylation sites is 1. The molecule has 6 nitrogen and oxygen atoms in total. The highest BCUT2D eigenvalue weighted by Crippen LogP contribution is 2.22. The summed E-state index contributed by atoms with van der Waals surface area (Å²) < 4.78 is 2.85. The van der Waals surface area contributed by atoms with Gasteiger partial charge in [-0.25, -0.2) is 9.67 Å². The highest BCUT2D eigenvalue weighted by molar-refractivity contribution is 7.18. The minimum absolute atomic E-state index is 0.390. The Hall–Kier alpha value is -2.93. The van der Waals surface area contributed by atoms with Crippen LogP contribution in [0.4, 0.5) is 11.9 Å². The predicted molar refractivity (Wildman–Crippen MR) is 102 cm³/mol. The van der Waals surface area contributed by atoms with Crippen LogP contribution in [0, 0.1) is 0 Å². The Bertz CT molecular complexity index is 943. The average Bonchev–Trinajstić information content (AvgIpc) is 3.19. The molecule has 0 bridgehead atoms. The van der Waals surface area contributed by atoms with Crippen LogP contribution in [0.15, 0.2) is 54.6 Å². The quantitative estimate of drug-likeness (QED) is 0.558. The standard InChI is InChI=1S/C18H18N6S/c19-17-22-18(20-11-10-13-6-2-1-3-7-13)23-24(17)12-16-21-14-8-4-5-9-15(14)25-16/h1-9H,10-12H2,(H3,19,20,22,23). The molecule has 2 aromatic heterocycles.